The van der Waals surface area contributed by atoms with Crippen molar-refractivity contribution in [3.8, 4) is 0 Å². The zero-order chi connectivity index (χ0) is 15.4. The minimum atomic E-state index is -0.542. The molecule has 0 aromatic heterocycles. The van der Waals surface area contributed by atoms with Crippen molar-refractivity contribution < 1.29 is 9.18 Å². The van der Waals surface area contributed by atoms with Crippen LogP contribution in [0.2, 0.25) is 5.02 Å². The number of hydrogen-bond acceptors (Lipinski definition) is 2. The van der Waals surface area contributed by atoms with Crippen LogP contribution in [0.4, 0.5) is 20.6 Å². The first-order valence-electron chi connectivity index (χ1n) is 7.00. The number of nitrogen functional groups attached to an aromatic ring is 1. The smallest absolute Gasteiger partial charge is 0.322 e. The molecule has 2 aliphatic heterocycles. The molecule has 2 aromatic carbocycles. The predicted molar refractivity (Wildman–Crippen MR) is 83.7 cm³/mol. The van der Waals surface area contributed by atoms with Crippen LogP contribution in [-0.2, 0) is 6.42 Å². The summed E-state index contributed by atoms with van der Waals surface area (Å²) in [5, 5.41) is 3.29. The number of nitrogens with zero attached hydrogens (tertiary/aromatic N) is 1. The van der Waals surface area contributed by atoms with Crippen molar-refractivity contribution in [2.45, 2.75) is 12.5 Å². The zero-order valence-electron chi connectivity index (χ0n) is 11.6. The predicted octanol–water partition coefficient (Wildman–Crippen LogP) is 3.24. The van der Waals surface area contributed by atoms with Crippen LogP contribution in [0.5, 0.6) is 0 Å². The average molecular weight is 318 g/mol. The first kappa shape index (κ1) is 13.4. The summed E-state index contributed by atoms with van der Waals surface area (Å²) >= 11 is 6.22. The molecule has 4 nitrogen and oxygen atoms in total. The summed E-state index contributed by atoms with van der Waals surface area (Å²) in [6, 6.07) is 7.15. The van der Waals surface area contributed by atoms with Crippen LogP contribution in [0.1, 0.15) is 22.7 Å². The summed E-state index contributed by atoms with van der Waals surface area (Å²) in [5.74, 6) is -0.401. The van der Waals surface area contributed by atoms with E-state index in [9.17, 15) is 9.18 Å². The number of nitrogens with one attached hydrogen (secondary N) is 1. The molecule has 0 radical (unpaired) electrons. The van der Waals surface area contributed by atoms with Gasteiger partial charge in [0.1, 0.15) is 5.82 Å². The second kappa shape index (κ2) is 4.61. The number of benzene rings is 2. The summed E-state index contributed by atoms with van der Waals surface area (Å²) < 4.78 is 13.6. The number of rotatable bonds is 1. The van der Waals surface area contributed by atoms with E-state index in [-0.39, 0.29) is 6.03 Å². The van der Waals surface area contributed by atoms with E-state index >= 15 is 0 Å². The van der Waals surface area contributed by atoms with Gasteiger partial charge in [0.2, 0.25) is 0 Å². The molecule has 1 unspecified atom stereocenters. The quantitative estimate of drug-likeness (QED) is 0.793. The molecule has 2 amide bonds. The van der Waals surface area contributed by atoms with Gasteiger partial charge in [0.25, 0.3) is 0 Å². The Hall–Kier alpha value is -2.27. The van der Waals surface area contributed by atoms with Gasteiger partial charge in [-0.2, -0.15) is 0 Å². The van der Waals surface area contributed by atoms with Gasteiger partial charge in [0.05, 0.1) is 11.7 Å². The highest BCUT2D eigenvalue weighted by Crippen LogP contribution is 2.45. The van der Waals surface area contributed by atoms with Crippen LogP contribution in [0.3, 0.4) is 0 Å². The third kappa shape index (κ3) is 1.78. The molecule has 3 N–H and O–H groups in total. The van der Waals surface area contributed by atoms with E-state index in [1.54, 1.807) is 4.90 Å². The first-order valence-corrected chi connectivity index (χ1v) is 7.38. The van der Waals surface area contributed by atoms with Gasteiger partial charge in [0.15, 0.2) is 0 Å². The molecule has 112 valence electrons. The highest BCUT2D eigenvalue weighted by Gasteiger charge is 2.38. The molecule has 1 atom stereocenters. The Kier molecular flexibility index (Phi) is 2.81. The molecule has 2 aromatic rings. The van der Waals surface area contributed by atoms with Gasteiger partial charge in [-0.15, -0.1) is 0 Å². The van der Waals surface area contributed by atoms with E-state index in [4.69, 9.17) is 17.3 Å². The monoisotopic (exact) mass is 317 g/mol. The minimum Gasteiger partial charge on any atom is -0.398 e. The van der Waals surface area contributed by atoms with Crippen molar-refractivity contribution in [3.05, 3.63) is 57.9 Å². The van der Waals surface area contributed by atoms with Crippen molar-refractivity contribution in [2.24, 2.45) is 0 Å². The first-order chi connectivity index (χ1) is 10.6. The second-order valence-corrected chi connectivity index (χ2v) is 5.93. The molecule has 2 aliphatic rings. The zero-order valence-corrected chi connectivity index (χ0v) is 12.3. The van der Waals surface area contributed by atoms with Gasteiger partial charge in [-0.05, 0) is 36.2 Å². The van der Waals surface area contributed by atoms with Crippen molar-refractivity contribution in [3.63, 3.8) is 0 Å². The topological polar surface area (TPSA) is 58.4 Å². The summed E-state index contributed by atoms with van der Waals surface area (Å²) in [6.07, 6.45) is 0.791. The Morgan fingerprint density at radius 2 is 2.14 bits per heavy atom. The van der Waals surface area contributed by atoms with E-state index in [2.05, 4.69) is 5.32 Å². The summed E-state index contributed by atoms with van der Waals surface area (Å²) in [4.78, 5) is 14.0. The molecule has 4 rings (SSSR count). The van der Waals surface area contributed by atoms with Gasteiger partial charge in [-0.25, -0.2) is 9.18 Å². The van der Waals surface area contributed by atoms with Gasteiger partial charge in [-0.3, -0.25) is 4.90 Å². The molecule has 0 saturated heterocycles. The van der Waals surface area contributed by atoms with E-state index in [0.29, 0.717) is 22.8 Å². The van der Waals surface area contributed by atoms with Crippen molar-refractivity contribution >= 4 is 29.0 Å². The van der Waals surface area contributed by atoms with Crippen LogP contribution in [0.15, 0.2) is 30.3 Å². The van der Waals surface area contributed by atoms with Crippen LogP contribution in [0.25, 0.3) is 0 Å². The lowest BCUT2D eigenvalue weighted by molar-refractivity contribution is 0.243. The fourth-order valence-corrected chi connectivity index (χ4v) is 3.51. The van der Waals surface area contributed by atoms with Crippen molar-refractivity contribution in [2.75, 3.05) is 17.2 Å². The number of hydrogen-bond donors (Lipinski definition) is 2. The van der Waals surface area contributed by atoms with Gasteiger partial charge >= 0.3 is 6.03 Å². The fourth-order valence-electron chi connectivity index (χ4n) is 3.28. The minimum absolute atomic E-state index is 0.206. The van der Waals surface area contributed by atoms with E-state index in [0.717, 1.165) is 23.2 Å². The number of nitrogens with two attached hydrogens (primary N) is 1. The third-order valence-electron chi connectivity index (χ3n) is 4.28. The normalized spacial score (nSPS) is 19.1. The maximum absolute atomic E-state index is 13.6. The summed E-state index contributed by atoms with van der Waals surface area (Å²) in [5.41, 5.74) is 9.94. The highest BCUT2D eigenvalue weighted by atomic mass is 35.5. The van der Waals surface area contributed by atoms with Crippen LogP contribution in [-0.4, -0.2) is 12.6 Å². The number of halogens is 2. The molecule has 0 saturated carbocycles. The average Bonchev–Trinajstić information content (AvgIpc) is 2.92. The van der Waals surface area contributed by atoms with Crippen molar-refractivity contribution in [1.29, 1.82) is 0 Å². The molecular weight excluding hydrogens is 305 g/mol. The fraction of sp³-hybridized carbons (Fsp3) is 0.188. The van der Waals surface area contributed by atoms with E-state index < -0.39 is 11.9 Å². The molecule has 0 spiro atoms. The lowest BCUT2D eigenvalue weighted by Gasteiger charge is -2.34. The molecule has 6 heteroatoms. The number of amides is 2. The SMILES string of the molecule is Nc1ccc2c3c1C(c1cc(F)ccc1Cl)NC(=O)N3CC2. The Bertz CT molecular complexity index is 808. The van der Waals surface area contributed by atoms with E-state index in [1.165, 1.54) is 18.2 Å². The van der Waals surface area contributed by atoms with E-state index in [1.807, 2.05) is 12.1 Å². The second-order valence-electron chi connectivity index (χ2n) is 5.53. The lowest BCUT2D eigenvalue weighted by atomic mass is 9.92. The van der Waals surface area contributed by atoms with Gasteiger partial charge < -0.3 is 11.1 Å². The largest absolute Gasteiger partial charge is 0.398 e. The molecule has 2 heterocycles. The maximum Gasteiger partial charge on any atom is 0.322 e. The van der Waals surface area contributed by atoms with Gasteiger partial charge in [-0.1, -0.05) is 17.7 Å². The third-order valence-corrected chi connectivity index (χ3v) is 4.62. The molecule has 0 fully saturated rings. The summed E-state index contributed by atoms with van der Waals surface area (Å²) in [6.45, 7) is 0.626. The Balaban J connectivity index is 1.97. The van der Waals surface area contributed by atoms with Crippen LogP contribution in [0, 0.1) is 5.82 Å². The lowest BCUT2D eigenvalue weighted by Crippen LogP contribution is -2.46. The number of carbonyl (C=O) groups is 1. The Labute approximate surface area is 131 Å². The molecule has 0 aliphatic carbocycles. The number of anilines is 2. The number of carbonyl (C=O) groups excluding carboxylic acids is 1. The molecular formula is C16H13ClFN3O. The number of urea groups is 1. The van der Waals surface area contributed by atoms with Crippen LogP contribution >= 0.6 is 11.6 Å². The maximum atomic E-state index is 13.6. The Morgan fingerprint density at radius 1 is 1.32 bits per heavy atom. The molecule has 22 heavy (non-hydrogen) atoms. The van der Waals surface area contributed by atoms with Crippen LogP contribution < -0.4 is 16.0 Å². The van der Waals surface area contributed by atoms with Crippen molar-refractivity contribution in [1.82, 2.24) is 5.32 Å². The Morgan fingerprint density at radius 3 is 2.95 bits per heavy atom. The molecule has 0 bridgehead atoms. The highest BCUT2D eigenvalue weighted by molar-refractivity contribution is 6.31. The standard InChI is InChI=1S/C16H13ClFN3O/c17-11-3-2-9(18)7-10(11)14-13-12(19)4-1-8-5-6-21(15(8)13)16(22)20-14/h1-4,7,14H,5-6,19H2,(H,20,22). The summed E-state index contributed by atoms with van der Waals surface area (Å²) in [7, 11) is 0. The van der Waals surface area contributed by atoms with Gasteiger partial charge in [0, 0.05) is 28.4 Å².